The van der Waals surface area contributed by atoms with Gasteiger partial charge in [0.2, 0.25) is 0 Å². The quantitative estimate of drug-likeness (QED) is 0.858. The van der Waals surface area contributed by atoms with Crippen molar-refractivity contribution in [1.29, 1.82) is 0 Å². The molecule has 0 aliphatic rings. The first-order valence-corrected chi connectivity index (χ1v) is 7.53. The van der Waals surface area contributed by atoms with Crippen LogP contribution in [0.4, 0.5) is 11.4 Å². The SMILES string of the molecule is Cc1ccc(N(C)CCc2cc(Br)cs2)c(N)c1. The molecule has 1 aromatic carbocycles. The Balaban J connectivity index is 2.01. The lowest BCUT2D eigenvalue weighted by Gasteiger charge is -2.21. The first-order valence-electron chi connectivity index (χ1n) is 5.86. The van der Waals surface area contributed by atoms with Crippen LogP contribution in [0.2, 0.25) is 0 Å². The van der Waals surface area contributed by atoms with Crippen molar-refractivity contribution in [3.8, 4) is 0 Å². The van der Waals surface area contributed by atoms with E-state index in [2.05, 4.69) is 58.4 Å². The number of likely N-dealkylation sites (N-methyl/N-ethyl adjacent to an activating group) is 1. The van der Waals surface area contributed by atoms with Crippen molar-refractivity contribution in [3.63, 3.8) is 0 Å². The van der Waals surface area contributed by atoms with Crippen molar-refractivity contribution in [2.45, 2.75) is 13.3 Å². The van der Waals surface area contributed by atoms with Crippen molar-refractivity contribution in [3.05, 3.63) is 44.6 Å². The number of hydrogen-bond donors (Lipinski definition) is 1. The van der Waals surface area contributed by atoms with Crippen molar-refractivity contribution in [2.24, 2.45) is 0 Å². The third-order valence-electron chi connectivity index (χ3n) is 2.91. The summed E-state index contributed by atoms with van der Waals surface area (Å²) in [5, 5.41) is 2.12. The van der Waals surface area contributed by atoms with Crippen molar-refractivity contribution in [2.75, 3.05) is 24.2 Å². The van der Waals surface area contributed by atoms with Gasteiger partial charge in [-0.05, 0) is 53.0 Å². The number of nitrogens with zero attached hydrogens (tertiary/aromatic N) is 1. The van der Waals surface area contributed by atoms with E-state index < -0.39 is 0 Å². The average molecular weight is 325 g/mol. The molecule has 0 saturated carbocycles. The largest absolute Gasteiger partial charge is 0.397 e. The zero-order chi connectivity index (χ0) is 13.1. The molecule has 0 aliphatic carbocycles. The van der Waals surface area contributed by atoms with Crippen molar-refractivity contribution in [1.82, 2.24) is 0 Å². The summed E-state index contributed by atoms with van der Waals surface area (Å²) in [4.78, 5) is 3.60. The number of rotatable bonds is 4. The summed E-state index contributed by atoms with van der Waals surface area (Å²) in [7, 11) is 2.09. The predicted octanol–water partition coefficient (Wildman–Crippen LogP) is 4.08. The summed E-state index contributed by atoms with van der Waals surface area (Å²) in [6.07, 6.45) is 1.04. The molecule has 0 amide bonds. The van der Waals surface area contributed by atoms with Gasteiger partial charge in [0.25, 0.3) is 0 Å². The van der Waals surface area contributed by atoms with E-state index in [1.807, 2.05) is 6.07 Å². The van der Waals surface area contributed by atoms with E-state index in [1.54, 1.807) is 11.3 Å². The highest BCUT2D eigenvalue weighted by molar-refractivity contribution is 9.10. The molecule has 0 fully saturated rings. The first-order chi connectivity index (χ1) is 8.56. The third kappa shape index (κ3) is 3.27. The molecule has 0 atom stereocenters. The second-order valence-corrected chi connectivity index (χ2v) is 6.38. The van der Waals surface area contributed by atoms with Gasteiger partial charge in [-0.2, -0.15) is 0 Å². The Labute approximate surface area is 121 Å². The molecule has 96 valence electrons. The standard InChI is InChI=1S/C14H17BrN2S/c1-10-3-4-14(13(16)7-10)17(2)6-5-12-8-11(15)9-18-12/h3-4,7-9H,5-6,16H2,1-2H3. The molecule has 0 unspecified atom stereocenters. The predicted molar refractivity (Wildman–Crippen MR) is 84.6 cm³/mol. The summed E-state index contributed by atoms with van der Waals surface area (Å²) in [5.74, 6) is 0. The monoisotopic (exact) mass is 324 g/mol. The Morgan fingerprint density at radius 2 is 2.11 bits per heavy atom. The Kier molecular flexibility index (Phi) is 4.30. The lowest BCUT2D eigenvalue weighted by atomic mass is 10.2. The lowest BCUT2D eigenvalue weighted by Crippen LogP contribution is -2.21. The van der Waals surface area contributed by atoms with Crippen LogP contribution in [0.15, 0.2) is 34.1 Å². The summed E-state index contributed by atoms with van der Waals surface area (Å²) >= 11 is 5.27. The van der Waals surface area contributed by atoms with Crippen LogP contribution < -0.4 is 10.6 Å². The van der Waals surface area contributed by atoms with Gasteiger partial charge >= 0.3 is 0 Å². The van der Waals surface area contributed by atoms with Crippen LogP contribution in [0.5, 0.6) is 0 Å². The molecule has 4 heteroatoms. The van der Waals surface area contributed by atoms with Crippen LogP contribution in [0, 0.1) is 6.92 Å². The van der Waals surface area contributed by atoms with Crippen molar-refractivity contribution < 1.29 is 0 Å². The summed E-state index contributed by atoms with van der Waals surface area (Å²) < 4.78 is 1.17. The molecule has 1 aromatic heterocycles. The van der Waals surface area contributed by atoms with Gasteiger partial charge in [-0.3, -0.25) is 0 Å². The van der Waals surface area contributed by atoms with Gasteiger partial charge in [0.15, 0.2) is 0 Å². The Hall–Kier alpha value is -1.000. The number of nitrogens with two attached hydrogens (primary N) is 1. The Morgan fingerprint density at radius 3 is 2.72 bits per heavy atom. The fourth-order valence-electron chi connectivity index (χ4n) is 1.90. The fourth-order valence-corrected chi connectivity index (χ4v) is 3.35. The molecule has 0 saturated heterocycles. The van der Waals surface area contributed by atoms with Gasteiger partial charge in [-0.15, -0.1) is 11.3 Å². The maximum Gasteiger partial charge on any atom is 0.0597 e. The minimum absolute atomic E-state index is 0.852. The van der Waals surface area contributed by atoms with Crippen molar-refractivity contribution >= 4 is 38.6 Å². The topological polar surface area (TPSA) is 29.3 Å². The zero-order valence-electron chi connectivity index (χ0n) is 10.6. The number of halogens is 1. The second kappa shape index (κ2) is 5.76. The van der Waals surface area contributed by atoms with E-state index in [1.165, 1.54) is 14.9 Å². The molecule has 0 spiro atoms. The van der Waals surface area contributed by atoms with Crippen LogP contribution in [-0.2, 0) is 6.42 Å². The highest BCUT2D eigenvalue weighted by atomic mass is 79.9. The molecule has 2 nitrogen and oxygen atoms in total. The van der Waals surface area contributed by atoms with E-state index in [4.69, 9.17) is 5.73 Å². The molecule has 1 heterocycles. The minimum atomic E-state index is 0.852. The number of anilines is 2. The van der Waals surface area contributed by atoms with Gasteiger partial charge in [-0.1, -0.05) is 6.07 Å². The number of aryl methyl sites for hydroxylation is 1. The normalized spacial score (nSPS) is 10.6. The Morgan fingerprint density at radius 1 is 1.33 bits per heavy atom. The van der Waals surface area contributed by atoms with Gasteiger partial charge in [0.1, 0.15) is 0 Å². The number of hydrogen-bond acceptors (Lipinski definition) is 3. The van der Waals surface area contributed by atoms with E-state index >= 15 is 0 Å². The molecule has 18 heavy (non-hydrogen) atoms. The molecular formula is C14H17BrN2S. The van der Waals surface area contributed by atoms with Crippen LogP contribution in [-0.4, -0.2) is 13.6 Å². The minimum Gasteiger partial charge on any atom is -0.397 e. The summed E-state index contributed by atoms with van der Waals surface area (Å²) in [6.45, 7) is 3.03. The van der Waals surface area contributed by atoms with E-state index in [0.717, 1.165) is 24.3 Å². The van der Waals surface area contributed by atoms with E-state index in [9.17, 15) is 0 Å². The molecule has 0 radical (unpaired) electrons. The van der Waals surface area contributed by atoms with Crippen LogP contribution >= 0.6 is 27.3 Å². The summed E-state index contributed by atoms with van der Waals surface area (Å²) in [5.41, 5.74) is 9.21. The van der Waals surface area contributed by atoms with Crippen LogP contribution in [0.3, 0.4) is 0 Å². The highest BCUT2D eigenvalue weighted by Gasteiger charge is 2.06. The molecule has 2 rings (SSSR count). The number of thiophene rings is 1. The van der Waals surface area contributed by atoms with Gasteiger partial charge < -0.3 is 10.6 Å². The molecule has 0 bridgehead atoms. The molecule has 2 aromatic rings. The lowest BCUT2D eigenvalue weighted by molar-refractivity contribution is 0.888. The van der Waals surface area contributed by atoms with Gasteiger partial charge in [0, 0.05) is 28.3 Å². The maximum atomic E-state index is 6.05. The van der Waals surface area contributed by atoms with E-state index in [0.29, 0.717) is 0 Å². The van der Waals surface area contributed by atoms with Crippen LogP contribution in [0.25, 0.3) is 0 Å². The smallest absolute Gasteiger partial charge is 0.0597 e. The summed E-state index contributed by atoms with van der Waals surface area (Å²) in [6, 6.07) is 8.39. The second-order valence-electron chi connectivity index (χ2n) is 4.47. The molecular weight excluding hydrogens is 308 g/mol. The Bertz CT molecular complexity index is 536. The fraction of sp³-hybridized carbons (Fsp3) is 0.286. The number of nitrogen functional groups attached to an aromatic ring is 1. The molecule has 2 N–H and O–H groups in total. The first kappa shape index (κ1) is 13.4. The molecule has 0 aliphatic heterocycles. The van der Waals surface area contributed by atoms with Crippen LogP contribution in [0.1, 0.15) is 10.4 Å². The third-order valence-corrected chi connectivity index (χ3v) is 4.67. The maximum absolute atomic E-state index is 6.05. The van der Waals surface area contributed by atoms with Gasteiger partial charge in [-0.25, -0.2) is 0 Å². The average Bonchev–Trinajstić information content (AvgIpc) is 2.72. The number of benzene rings is 1. The highest BCUT2D eigenvalue weighted by Crippen LogP contribution is 2.24. The zero-order valence-corrected chi connectivity index (χ0v) is 13.0. The van der Waals surface area contributed by atoms with E-state index in [-0.39, 0.29) is 0 Å². The van der Waals surface area contributed by atoms with Gasteiger partial charge in [0.05, 0.1) is 11.4 Å².